The number of hydrogen-bond acceptors (Lipinski definition) is 2. The minimum Gasteiger partial charge on any atom is -0.481 e. The van der Waals surface area contributed by atoms with Crippen molar-refractivity contribution in [2.24, 2.45) is 22.7 Å². The predicted octanol–water partition coefficient (Wildman–Crippen LogP) is 2.38. The standard InChI is InChI=1S/C15H25NO3/c1-10(14(2,3)4)12(17)16-8-11-6-5-7-15(11,9-16)13(18)19/h10-11H,5-9H2,1-4H3,(H,18,19)/t10?,11-,15+/m0/s1. The molecule has 1 heterocycles. The van der Waals surface area contributed by atoms with Gasteiger partial charge in [0.05, 0.1) is 5.41 Å². The van der Waals surface area contributed by atoms with E-state index < -0.39 is 11.4 Å². The van der Waals surface area contributed by atoms with Crippen LogP contribution in [-0.2, 0) is 9.59 Å². The SMILES string of the molecule is CC(C(=O)N1C[C@@H]2CCC[C@@]2(C(=O)O)C1)C(C)(C)C. The Bertz CT molecular complexity index is 399. The Morgan fingerprint density at radius 2 is 2.00 bits per heavy atom. The highest BCUT2D eigenvalue weighted by atomic mass is 16.4. The van der Waals surface area contributed by atoms with Crippen LogP contribution in [0.3, 0.4) is 0 Å². The van der Waals surface area contributed by atoms with E-state index in [-0.39, 0.29) is 23.2 Å². The third kappa shape index (κ3) is 2.26. The van der Waals surface area contributed by atoms with Gasteiger partial charge in [-0.3, -0.25) is 9.59 Å². The number of fused-ring (bicyclic) bond motifs is 1. The fraction of sp³-hybridized carbons (Fsp3) is 0.867. The highest BCUT2D eigenvalue weighted by molar-refractivity contribution is 5.83. The minimum absolute atomic E-state index is 0.0721. The molecule has 4 nitrogen and oxygen atoms in total. The Hall–Kier alpha value is -1.06. The maximum atomic E-state index is 12.5. The quantitative estimate of drug-likeness (QED) is 0.835. The second kappa shape index (κ2) is 4.50. The van der Waals surface area contributed by atoms with E-state index in [0.717, 1.165) is 19.3 Å². The molecule has 2 aliphatic rings. The summed E-state index contributed by atoms with van der Waals surface area (Å²) in [5, 5.41) is 9.53. The molecular weight excluding hydrogens is 242 g/mol. The molecular formula is C15H25NO3. The number of rotatable bonds is 2. The molecule has 2 rings (SSSR count). The summed E-state index contributed by atoms with van der Waals surface area (Å²) in [4.78, 5) is 25.9. The van der Waals surface area contributed by atoms with E-state index in [1.54, 1.807) is 4.90 Å². The Morgan fingerprint density at radius 3 is 2.47 bits per heavy atom. The van der Waals surface area contributed by atoms with Gasteiger partial charge in [0, 0.05) is 19.0 Å². The van der Waals surface area contributed by atoms with E-state index >= 15 is 0 Å². The number of likely N-dealkylation sites (tertiary alicyclic amines) is 1. The molecule has 1 aliphatic heterocycles. The van der Waals surface area contributed by atoms with Crippen LogP contribution in [0.5, 0.6) is 0 Å². The first-order valence-corrected chi connectivity index (χ1v) is 7.20. The zero-order valence-corrected chi connectivity index (χ0v) is 12.4. The van der Waals surface area contributed by atoms with Crippen LogP contribution in [-0.4, -0.2) is 35.0 Å². The Balaban J connectivity index is 2.14. The van der Waals surface area contributed by atoms with Crippen molar-refractivity contribution in [2.75, 3.05) is 13.1 Å². The number of carbonyl (C=O) groups is 2. The van der Waals surface area contributed by atoms with E-state index in [1.165, 1.54) is 0 Å². The summed E-state index contributed by atoms with van der Waals surface area (Å²) < 4.78 is 0. The van der Waals surface area contributed by atoms with Crippen LogP contribution in [0.25, 0.3) is 0 Å². The second-order valence-corrected chi connectivity index (χ2v) is 7.36. The molecule has 0 spiro atoms. The van der Waals surface area contributed by atoms with E-state index in [1.807, 2.05) is 6.92 Å². The summed E-state index contributed by atoms with van der Waals surface area (Å²) in [6.45, 7) is 9.15. The average Bonchev–Trinajstić information content (AvgIpc) is 2.82. The van der Waals surface area contributed by atoms with Crippen LogP contribution in [0.2, 0.25) is 0 Å². The molecule has 1 N–H and O–H groups in total. The van der Waals surface area contributed by atoms with Gasteiger partial charge in [0.25, 0.3) is 0 Å². The van der Waals surface area contributed by atoms with Crippen LogP contribution < -0.4 is 0 Å². The Labute approximate surface area is 115 Å². The first-order chi connectivity index (χ1) is 8.68. The third-order valence-corrected chi connectivity index (χ3v) is 5.28. The summed E-state index contributed by atoms with van der Waals surface area (Å²) >= 11 is 0. The molecule has 108 valence electrons. The number of carboxylic acids is 1. The number of amides is 1. The smallest absolute Gasteiger partial charge is 0.311 e. The lowest BCUT2D eigenvalue weighted by molar-refractivity contribution is -0.150. The van der Waals surface area contributed by atoms with Gasteiger partial charge in [-0.05, 0) is 24.2 Å². The summed E-state index contributed by atoms with van der Waals surface area (Å²) in [5.41, 5.74) is -0.738. The molecule has 1 unspecified atom stereocenters. The van der Waals surface area contributed by atoms with Crippen LogP contribution in [0, 0.1) is 22.7 Å². The highest BCUT2D eigenvalue weighted by Gasteiger charge is 2.56. The molecule has 2 fully saturated rings. The zero-order chi connectivity index (χ0) is 14.4. The average molecular weight is 267 g/mol. The summed E-state index contributed by atoms with van der Waals surface area (Å²) in [7, 11) is 0. The minimum atomic E-state index is -0.714. The molecule has 0 aromatic heterocycles. The van der Waals surface area contributed by atoms with Crippen LogP contribution in [0.1, 0.15) is 47.0 Å². The Morgan fingerprint density at radius 1 is 1.37 bits per heavy atom. The first kappa shape index (κ1) is 14.4. The van der Waals surface area contributed by atoms with Crippen LogP contribution in [0.15, 0.2) is 0 Å². The van der Waals surface area contributed by atoms with E-state index in [2.05, 4.69) is 20.8 Å². The van der Waals surface area contributed by atoms with Gasteiger partial charge in [0.15, 0.2) is 0 Å². The lowest BCUT2D eigenvalue weighted by Crippen LogP contribution is -2.41. The zero-order valence-electron chi connectivity index (χ0n) is 12.4. The molecule has 1 saturated carbocycles. The van der Waals surface area contributed by atoms with E-state index in [0.29, 0.717) is 13.1 Å². The number of carbonyl (C=O) groups excluding carboxylic acids is 1. The fourth-order valence-electron chi connectivity index (χ4n) is 3.45. The highest BCUT2D eigenvalue weighted by Crippen LogP contribution is 2.49. The molecule has 1 aliphatic carbocycles. The van der Waals surface area contributed by atoms with Gasteiger partial charge in [0.2, 0.25) is 5.91 Å². The van der Waals surface area contributed by atoms with Crippen molar-refractivity contribution >= 4 is 11.9 Å². The fourth-order valence-corrected chi connectivity index (χ4v) is 3.45. The van der Waals surface area contributed by atoms with Crippen molar-refractivity contribution in [3.63, 3.8) is 0 Å². The molecule has 0 aromatic rings. The summed E-state index contributed by atoms with van der Waals surface area (Å²) in [5.74, 6) is -0.519. The lowest BCUT2D eigenvalue weighted by Gasteiger charge is -2.31. The van der Waals surface area contributed by atoms with E-state index in [9.17, 15) is 14.7 Å². The van der Waals surface area contributed by atoms with Gasteiger partial charge >= 0.3 is 5.97 Å². The lowest BCUT2D eigenvalue weighted by atomic mass is 9.80. The molecule has 0 bridgehead atoms. The monoisotopic (exact) mass is 267 g/mol. The molecule has 19 heavy (non-hydrogen) atoms. The molecule has 1 saturated heterocycles. The second-order valence-electron chi connectivity index (χ2n) is 7.36. The van der Waals surface area contributed by atoms with Gasteiger partial charge in [-0.2, -0.15) is 0 Å². The maximum Gasteiger partial charge on any atom is 0.311 e. The van der Waals surface area contributed by atoms with Crippen molar-refractivity contribution < 1.29 is 14.7 Å². The predicted molar refractivity (Wildman–Crippen MR) is 72.6 cm³/mol. The molecule has 0 radical (unpaired) electrons. The normalized spacial score (nSPS) is 32.2. The van der Waals surface area contributed by atoms with Gasteiger partial charge in [-0.1, -0.05) is 34.1 Å². The van der Waals surface area contributed by atoms with Crippen molar-refractivity contribution in [1.29, 1.82) is 0 Å². The third-order valence-electron chi connectivity index (χ3n) is 5.28. The molecule has 0 aromatic carbocycles. The Kier molecular flexibility index (Phi) is 3.40. The van der Waals surface area contributed by atoms with Gasteiger partial charge in [0.1, 0.15) is 0 Å². The number of hydrogen-bond donors (Lipinski definition) is 1. The van der Waals surface area contributed by atoms with E-state index in [4.69, 9.17) is 0 Å². The molecule has 4 heteroatoms. The maximum absolute atomic E-state index is 12.5. The largest absolute Gasteiger partial charge is 0.481 e. The number of nitrogens with zero attached hydrogens (tertiary/aromatic N) is 1. The van der Waals surface area contributed by atoms with Crippen molar-refractivity contribution in [3.8, 4) is 0 Å². The molecule has 1 amide bonds. The van der Waals surface area contributed by atoms with Gasteiger partial charge in [-0.25, -0.2) is 0 Å². The topological polar surface area (TPSA) is 57.6 Å². The molecule has 3 atom stereocenters. The van der Waals surface area contributed by atoms with Crippen LogP contribution in [0.4, 0.5) is 0 Å². The van der Waals surface area contributed by atoms with Crippen molar-refractivity contribution in [2.45, 2.75) is 47.0 Å². The van der Waals surface area contributed by atoms with Gasteiger partial charge < -0.3 is 10.0 Å². The van der Waals surface area contributed by atoms with Crippen LogP contribution >= 0.6 is 0 Å². The summed E-state index contributed by atoms with van der Waals surface area (Å²) in [6.07, 6.45) is 2.65. The summed E-state index contributed by atoms with van der Waals surface area (Å²) in [6, 6.07) is 0. The first-order valence-electron chi connectivity index (χ1n) is 7.20. The number of carboxylic acid groups (broad SMARTS) is 1. The van der Waals surface area contributed by atoms with Gasteiger partial charge in [-0.15, -0.1) is 0 Å². The number of aliphatic carboxylic acids is 1. The van der Waals surface area contributed by atoms with Crippen molar-refractivity contribution in [3.05, 3.63) is 0 Å². The van der Waals surface area contributed by atoms with Crippen molar-refractivity contribution in [1.82, 2.24) is 4.90 Å².